The molecule has 0 radical (unpaired) electrons. The van der Waals surface area contributed by atoms with Gasteiger partial charge in [0.25, 0.3) is 5.91 Å². The van der Waals surface area contributed by atoms with Crippen molar-refractivity contribution in [3.63, 3.8) is 0 Å². The van der Waals surface area contributed by atoms with Crippen molar-refractivity contribution in [2.45, 2.75) is 33.4 Å². The summed E-state index contributed by atoms with van der Waals surface area (Å²) in [5.41, 5.74) is 1.67. The molecule has 1 heterocycles. The molecule has 0 atom stereocenters. The van der Waals surface area contributed by atoms with Crippen LogP contribution < -0.4 is 9.47 Å². The van der Waals surface area contributed by atoms with E-state index in [-0.39, 0.29) is 25.1 Å². The van der Waals surface area contributed by atoms with Gasteiger partial charge in [-0.15, -0.1) is 0 Å². The van der Waals surface area contributed by atoms with Crippen molar-refractivity contribution < 1.29 is 18.8 Å². The lowest BCUT2D eigenvalue weighted by atomic mass is 10.2. The first kappa shape index (κ1) is 21.6. The molecule has 0 aliphatic heterocycles. The third-order valence-electron chi connectivity index (χ3n) is 4.55. The zero-order chi connectivity index (χ0) is 21.7. The summed E-state index contributed by atoms with van der Waals surface area (Å²) >= 11 is 5.96. The fraction of sp³-hybridized carbons (Fsp3) is 0.318. The third-order valence-corrected chi connectivity index (χ3v) is 4.79. The van der Waals surface area contributed by atoms with Crippen LogP contribution in [-0.2, 0) is 11.3 Å². The summed E-state index contributed by atoms with van der Waals surface area (Å²) in [6.45, 7) is 5.83. The Bertz CT molecular complexity index is 1000. The summed E-state index contributed by atoms with van der Waals surface area (Å²) in [4.78, 5) is 18.8. The zero-order valence-corrected chi connectivity index (χ0v) is 18.1. The van der Waals surface area contributed by atoms with E-state index >= 15 is 0 Å². The van der Waals surface area contributed by atoms with Crippen molar-refractivity contribution in [2.75, 3.05) is 13.7 Å². The Hall–Kier alpha value is -3.06. The Morgan fingerprint density at radius 3 is 2.57 bits per heavy atom. The zero-order valence-electron chi connectivity index (χ0n) is 17.4. The molecule has 1 aromatic heterocycles. The maximum Gasteiger partial charge on any atom is 0.261 e. The first-order valence-corrected chi connectivity index (χ1v) is 9.90. The minimum absolute atomic E-state index is 0.0660. The quantitative estimate of drug-likeness (QED) is 0.523. The van der Waals surface area contributed by atoms with Gasteiger partial charge >= 0.3 is 0 Å². The first-order chi connectivity index (χ1) is 14.4. The number of rotatable bonds is 8. The largest absolute Gasteiger partial charge is 0.497 e. The summed E-state index contributed by atoms with van der Waals surface area (Å²) in [6, 6.07) is 12.6. The lowest BCUT2D eigenvalue weighted by Gasteiger charge is -2.25. The Kier molecular flexibility index (Phi) is 6.95. The van der Waals surface area contributed by atoms with Crippen molar-refractivity contribution >= 4 is 17.5 Å². The summed E-state index contributed by atoms with van der Waals surface area (Å²) < 4.78 is 16.2. The van der Waals surface area contributed by atoms with E-state index in [0.717, 1.165) is 16.9 Å². The second-order valence-corrected chi connectivity index (χ2v) is 7.49. The third kappa shape index (κ3) is 5.30. The Balaban J connectivity index is 1.66. The van der Waals surface area contributed by atoms with Gasteiger partial charge in [-0.2, -0.15) is 4.98 Å². The normalized spacial score (nSPS) is 10.9. The van der Waals surface area contributed by atoms with Crippen LogP contribution >= 0.6 is 11.6 Å². The lowest BCUT2D eigenvalue weighted by Crippen LogP contribution is -2.39. The van der Waals surface area contributed by atoms with Gasteiger partial charge in [-0.05, 0) is 68.8 Å². The van der Waals surface area contributed by atoms with E-state index in [1.807, 2.05) is 45.0 Å². The first-order valence-electron chi connectivity index (χ1n) is 9.53. The summed E-state index contributed by atoms with van der Waals surface area (Å²) in [5.74, 6) is 2.00. The predicted molar refractivity (Wildman–Crippen MR) is 114 cm³/mol. The molecule has 7 nitrogen and oxygen atoms in total. The van der Waals surface area contributed by atoms with E-state index in [1.54, 1.807) is 30.2 Å². The SMILES string of the molecule is COc1ccc(-c2noc(CN(C(=O)COc3ccc(Cl)cc3C)C(C)C)n2)cc1. The average molecular weight is 430 g/mol. The summed E-state index contributed by atoms with van der Waals surface area (Å²) in [7, 11) is 1.61. The number of aromatic nitrogens is 2. The van der Waals surface area contributed by atoms with Crippen LogP contribution in [0.5, 0.6) is 11.5 Å². The molecular formula is C22H24ClN3O4. The monoisotopic (exact) mass is 429 g/mol. The summed E-state index contributed by atoms with van der Waals surface area (Å²) in [6.07, 6.45) is 0. The molecule has 3 rings (SSSR count). The molecule has 0 saturated heterocycles. The number of hydrogen-bond donors (Lipinski definition) is 0. The van der Waals surface area contributed by atoms with E-state index < -0.39 is 0 Å². The predicted octanol–water partition coefficient (Wildman–Crippen LogP) is 4.52. The number of amides is 1. The van der Waals surface area contributed by atoms with Gasteiger partial charge in [0.05, 0.1) is 7.11 Å². The van der Waals surface area contributed by atoms with Gasteiger partial charge in [0, 0.05) is 16.6 Å². The van der Waals surface area contributed by atoms with Crippen molar-refractivity contribution in [2.24, 2.45) is 0 Å². The van der Waals surface area contributed by atoms with E-state index in [4.69, 9.17) is 25.6 Å². The molecule has 3 aromatic rings. The lowest BCUT2D eigenvalue weighted by molar-refractivity contribution is -0.136. The van der Waals surface area contributed by atoms with E-state index in [9.17, 15) is 4.79 Å². The Labute approximate surface area is 180 Å². The number of ether oxygens (including phenoxy) is 2. The Morgan fingerprint density at radius 2 is 1.93 bits per heavy atom. The van der Waals surface area contributed by atoms with Gasteiger partial charge in [0.15, 0.2) is 6.61 Å². The number of nitrogens with zero attached hydrogens (tertiary/aromatic N) is 3. The van der Waals surface area contributed by atoms with Gasteiger partial charge in [-0.1, -0.05) is 16.8 Å². The molecule has 8 heteroatoms. The highest BCUT2D eigenvalue weighted by Gasteiger charge is 2.21. The van der Waals surface area contributed by atoms with Crippen LogP contribution in [0.25, 0.3) is 11.4 Å². The molecule has 0 fully saturated rings. The minimum atomic E-state index is -0.177. The van der Waals surface area contributed by atoms with Gasteiger partial charge in [0.1, 0.15) is 18.0 Å². The van der Waals surface area contributed by atoms with E-state index in [2.05, 4.69) is 10.1 Å². The Morgan fingerprint density at radius 1 is 1.20 bits per heavy atom. The fourth-order valence-electron chi connectivity index (χ4n) is 2.88. The van der Waals surface area contributed by atoms with Gasteiger partial charge in [0.2, 0.25) is 11.7 Å². The van der Waals surface area contributed by atoms with Crippen LogP contribution in [0, 0.1) is 6.92 Å². The smallest absolute Gasteiger partial charge is 0.261 e. The number of carbonyl (C=O) groups excluding carboxylic acids is 1. The van der Waals surface area contributed by atoms with Gasteiger partial charge in [-0.3, -0.25) is 4.79 Å². The molecule has 0 unspecified atom stereocenters. The fourth-order valence-corrected chi connectivity index (χ4v) is 3.10. The topological polar surface area (TPSA) is 77.7 Å². The van der Waals surface area contributed by atoms with Crippen molar-refractivity contribution in [3.05, 3.63) is 58.9 Å². The van der Waals surface area contributed by atoms with E-state index in [0.29, 0.717) is 22.5 Å². The maximum atomic E-state index is 12.8. The second-order valence-electron chi connectivity index (χ2n) is 7.05. The molecule has 158 valence electrons. The number of aryl methyl sites for hydroxylation is 1. The van der Waals surface area contributed by atoms with Crippen LogP contribution in [-0.4, -0.2) is 40.7 Å². The molecule has 1 amide bonds. The minimum Gasteiger partial charge on any atom is -0.497 e. The molecule has 0 bridgehead atoms. The van der Waals surface area contributed by atoms with Crippen LogP contribution in [0.1, 0.15) is 25.3 Å². The molecule has 2 aromatic carbocycles. The number of methoxy groups -OCH3 is 1. The number of carbonyl (C=O) groups is 1. The van der Waals surface area contributed by atoms with Crippen LogP contribution in [0.15, 0.2) is 47.0 Å². The number of benzene rings is 2. The van der Waals surface area contributed by atoms with Crippen LogP contribution in [0.4, 0.5) is 0 Å². The molecular weight excluding hydrogens is 406 g/mol. The maximum absolute atomic E-state index is 12.8. The molecule has 0 aliphatic carbocycles. The van der Waals surface area contributed by atoms with E-state index in [1.165, 1.54) is 0 Å². The van der Waals surface area contributed by atoms with Crippen molar-refractivity contribution in [1.29, 1.82) is 0 Å². The number of hydrogen-bond acceptors (Lipinski definition) is 6. The van der Waals surface area contributed by atoms with Crippen molar-refractivity contribution in [3.8, 4) is 22.9 Å². The highest BCUT2D eigenvalue weighted by Crippen LogP contribution is 2.23. The molecule has 0 saturated carbocycles. The van der Waals surface area contributed by atoms with Crippen molar-refractivity contribution in [1.82, 2.24) is 15.0 Å². The van der Waals surface area contributed by atoms with Crippen LogP contribution in [0.2, 0.25) is 5.02 Å². The second kappa shape index (κ2) is 9.63. The molecule has 30 heavy (non-hydrogen) atoms. The van der Waals surface area contributed by atoms with Gasteiger partial charge in [-0.25, -0.2) is 0 Å². The van der Waals surface area contributed by atoms with Crippen LogP contribution in [0.3, 0.4) is 0 Å². The number of halogens is 1. The molecule has 0 N–H and O–H groups in total. The van der Waals surface area contributed by atoms with Gasteiger partial charge < -0.3 is 18.9 Å². The highest BCUT2D eigenvalue weighted by atomic mass is 35.5. The summed E-state index contributed by atoms with van der Waals surface area (Å²) in [5, 5.41) is 4.64. The average Bonchev–Trinajstić information content (AvgIpc) is 3.20. The molecule has 0 spiro atoms. The molecule has 0 aliphatic rings. The standard InChI is InChI=1S/C22H24ClN3O4/c1-14(2)26(21(27)13-29-19-10-7-17(23)11-15(19)3)12-20-24-22(25-30-20)16-5-8-18(28-4)9-6-16/h5-11,14H,12-13H2,1-4H3. The highest BCUT2D eigenvalue weighted by molar-refractivity contribution is 6.30.